The maximum absolute atomic E-state index is 12.1. The molecule has 7 heteroatoms. The first-order chi connectivity index (χ1) is 9.79. The molecule has 0 unspecified atom stereocenters. The standard InChI is InChI=1S/C14H16N2O4S/c1-9(2)10-3-5-11(6-4-10)16-21(18,19)12-7-13(14(15)17)20-8-12/h3-9,16H,1-2H3,(H2,15,17). The molecule has 0 bridgehead atoms. The minimum atomic E-state index is -3.81. The lowest BCUT2D eigenvalue weighted by Gasteiger charge is -2.08. The van der Waals surface area contributed by atoms with Crippen molar-refractivity contribution in [2.45, 2.75) is 24.7 Å². The molecule has 6 nitrogen and oxygen atoms in total. The summed E-state index contributed by atoms with van der Waals surface area (Å²) in [6.45, 7) is 4.10. The number of nitrogens with two attached hydrogens (primary N) is 1. The number of hydrogen-bond acceptors (Lipinski definition) is 4. The molecule has 0 aliphatic heterocycles. The molecule has 1 heterocycles. The third-order valence-corrected chi connectivity index (χ3v) is 4.30. The molecule has 0 aliphatic rings. The molecular formula is C14H16N2O4S. The van der Waals surface area contributed by atoms with Crippen molar-refractivity contribution in [3.8, 4) is 0 Å². The van der Waals surface area contributed by atoms with Gasteiger partial charge in [-0.3, -0.25) is 9.52 Å². The first kappa shape index (κ1) is 15.1. The van der Waals surface area contributed by atoms with Crippen LogP contribution >= 0.6 is 0 Å². The van der Waals surface area contributed by atoms with Crippen molar-refractivity contribution in [1.29, 1.82) is 0 Å². The first-order valence-electron chi connectivity index (χ1n) is 6.30. The zero-order valence-corrected chi connectivity index (χ0v) is 12.5. The second kappa shape index (κ2) is 5.61. The van der Waals surface area contributed by atoms with Crippen molar-refractivity contribution in [2.24, 2.45) is 5.73 Å². The first-order valence-corrected chi connectivity index (χ1v) is 7.79. The van der Waals surface area contributed by atoms with Crippen LogP contribution in [0.2, 0.25) is 0 Å². The van der Waals surface area contributed by atoms with Gasteiger partial charge < -0.3 is 10.2 Å². The van der Waals surface area contributed by atoms with E-state index in [1.54, 1.807) is 12.1 Å². The van der Waals surface area contributed by atoms with Gasteiger partial charge in [0.25, 0.3) is 15.9 Å². The second-order valence-electron chi connectivity index (χ2n) is 4.89. The van der Waals surface area contributed by atoms with Gasteiger partial charge >= 0.3 is 0 Å². The Labute approximate surface area is 123 Å². The Kier molecular flexibility index (Phi) is 4.04. The molecule has 0 saturated carbocycles. The van der Waals surface area contributed by atoms with Gasteiger partial charge in [-0.15, -0.1) is 0 Å². The normalized spacial score (nSPS) is 11.6. The number of anilines is 1. The van der Waals surface area contributed by atoms with Gasteiger partial charge in [-0.1, -0.05) is 26.0 Å². The Morgan fingerprint density at radius 2 is 1.86 bits per heavy atom. The zero-order chi connectivity index (χ0) is 15.6. The fourth-order valence-electron chi connectivity index (χ4n) is 1.74. The van der Waals surface area contributed by atoms with Crippen LogP contribution in [-0.2, 0) is 10.0 Å². The minimum absolute atomic E-state index is 0.149. The Morgan fingerprint density at radius 1 is 1.24 bits per heavy atom. The summed E-state index contributed by atoms with van der Waals surface area (Å²) in [5.74, 6) is -0.661. The zero-order valence-electron chi connectivity index (χ0n) is 11.7. The lowest BCUT2D eigenvalue weighted by molar-refractivity contribution is 0.0974. The second-order valence-corrected chi connectivity index (χ2v) is 6.58. The molecule has 2 rings (SSSR count). The molecule has 0 radical (unpaired) electrons. The number of furan rings is 1. The van der Waals surface area contributed by atoms with Crippen molar-refractivity contribution >= 4 is 21.6 Å². The fourth-order valence-corrected chi connectivity index (χ4v) is 2.74. The molecule has 3 N–H and O–H groups in total. The number of nitrogens with one attached hydrogen (secondary N) is 1. The van der Waals surface area contributed by atoms with Crippen molar-refractivity contribution in [3.05, 3.63) is 47.9 Å². The summed E-state index contributed by atoms with van der Waals surface area (Å²) in [7, 11) is -3.81. The van der Waals surface area contributed by atoms with E-state index >= 15 is 0 Å². The van der Waals surface area contributed by atoms with Crippen LogP contribution in [0.15, 0.2) is 45.9 Å². The van der Waals surface area contributed by atoms with Crippen LogP contribution in [0.3, 0.4) is 0 Å². The summed E-state index contributed by atoms with van der Waals surface area (Å²) in [6, 6.07) is 8.16. The van der Waals surface area contributed by atoms with E-state index in [2.05, 4.69) is 18.6 Å². The van der Waals surface area contributed by atoms with E-state index in [1.807, 2.05) is 12.1 Å². The van der Waals surface area contributed by atoms with Gasteiger partial charge in [0.15, 0.2) is 5.76 Å². The summed E-state index contributed by atoms with van der Waals surface area (Å²) in [4.78, 5) is 10.8. The highest BCUT2D eigenvalue weighted by molar-refractivity contribution is 7.92. The van der Waals surface area contributed by atoms with E-state index in [4.69, 9.17) is 10.2 Å². The molecule has 1 aromatic heterocycles. The molecule has 112 valence electrons. The Hall–Kier alpha value is -2.28. The smallest absolute Gasteiger partial charge is 0.284 e. The van der Waals surface area contributed by atoms with Crippen molar-refractivity contribution in [1.82, 2.24) is 0 Å². The molecule has 0 aliphatic carbocycles. The number of benzene rings is 1. The number of carbonyl (C=O) groups excluding carboxylic acids is 1. The lowest BCUT2D eigenvalue weighted by atomic mass is 10.0. The van der Waals surface area contributed by atoms with Crippen LogP contribution in [0.4, 0.5) is 5.69 Å². The Bertz CT molecular complexity index is 746. The van der Waals surface area contributed by atoms with Gasteiger partial charge in [0.2, 0.25) is 0 Å². The predicted octanol–water partition coefficient (Wildman–Crippen LogP) is 2.30. The summed E-state index contributed by atoms with van der Waals surface area (Å²) in [5, 5.41) is 0. The highest BCUT2D eigenvalue weighted by atomic mass is 32.2. The third-order valence-electron chi connectivity index (χ3n) is 2.96. The van der Waals surface area contributed by atoms with Crippen LogP contribution < -0.4 is 10.5 Å². The summed E-state index contributed by atoms with van der Waals surface area (Å²) >= 11 is 0. The Morgan fingerprint density at radius 3 is 2.33 bits per heavy atom. The highest BCUT2D eigenvalue weighted by Crippen LogP contribution is 2.21. The van der Waals surface area contributed by atoms with Gasteiger partial charge in [0.05, 0.1) is 0 Å². The summed E-state index contributed by atoms with van der Waals surface area (Å²) < 4.78 is 31.5. The molecule has 0 saturated heterocycles. The van der Waals surface area contributed by atoms with Crippen LogP contribution in [0.1, 0.15) is 35.9 Å². The SMILES string of the molecule is CC(C)c1ccc(NS(=O)(=O)c2coc(C(N)=O)c2)cc1. The van der Waals surface area contributed by atoms with Gasteiger partial charge in [-0.05, 0) is 23.6 Å². The van der Waals surface area contributed by atoms with E-state index in [1.165, 1.54) is 0 Å². The van der Waals surface area contributed by atoms with E-state index in [-0.39, 0.29) is 10.7 Å². The molecule has 1 amide bonds. The van der Waals surface area contributed by atoms with Gasteiger partial charge in [0, 0.05) is 11.8 Å². The van der Waals surface area contributed by atoms with E-state index in [0.717, 1.165) is 17.9 Å². The van der Waals surface area contributed by atoms with Crippen LogP contribution in [-0.4, -0.2) is 14.3 Å². The van der Waals surface area contributed by atoms with Crippen LogP contribution in [0.5, 0.6) is 0 Å². The maximum atomic E-state index is 12.1. The molecule has 0 fully saturated rings. The van der Waals surface area contributed by atoms with Gasteiger partial charge in [-0.2, -0.15) is 0 Å². The molecule has 21 heavy (non-hydrogen) atoms. The van der Waals surface area contributed by atoms with Crippen LogP contribution in [0, 0.1) is 0 Å². The quantitative estimate of drug-likeness (QED) is 0.884. The highest BCUT2D eigenvalue weighted by Gasteiger charge is 2.19. The Balaban J connectivity index is 2.22. The average Bonchev–Trinajstić information content (AvgIpc) is 2.89. The number of hydrogen-bond donors (Lipinski definition) is 2. The van der Waals surface area contributed by atoms with E-state index < -0.39 is 15.9 Å². The summed E-state index contributed by atoms with van der Waals surface area (Å²) in [5.41, 5.74) is 6.56. The average molecular weight is 308 g/mol. The van der Waals surface area contributed by atoms with E-state index in [9.17, 15) is 13.2 Å². The minimum Gasteiger partial charge on any atom is -0.458 e. The third kappa shape index (κ3) is 3.43. The number of carbonyl (C=O) groups is 1. The number of rotatable bonds is 5. The fraction of sp³-hybridized carbons (Fsp3) is 0.214. The molecule has 1 aromatic carbocycles. The topological polar surface area (TPSA) is 102 Å². The summed E-state index contributed by atoms with van der Waals surface area (Å²) in [6.07, 6.45) is 0.977. The largest absolute Gasteiger partial charge is 0.458 e. The van der Waals surface area contributed by atoms with Crippen molar-refractivity contribution in [2.75, 3.05) is 4.72 Å². The molecular weight excluding hydrogens is 292 g/mol. The number of sulfonamides is 1. The van der Waals surface area contributed by atoms with Crippen molar-refractivity contribution < 1.29 is 17.6 Å². The van der Waals surface area contributed by atoms with Gasteiger partial charge in [-0.25, -0.2) is 8.42 Å². The molecule has 0 spiro atoms. The van der Waals surface area contributed by atoms with Crippen molar-refractivity contribution in [3.63, 3.8) is 0 Å². The predicted molar refractivity (Wildman–Crippen MR) is 78.6 cm³/mol. The number of amides is 1. The molecule has 0 atom stereocenters. The molecule has 2 aromatic rings. The number of primary amides is 1. The van der Waals surface area contributed by atoms with Gasteiger partial charge in [0.1, 0.15) is 11.2 Å². The monoisotopic (exact) mass is 308 g/mol. The van der Waals surface area contributed by atoms with E-state index in [0.29, 0.717) is 11.6 Å². The lowest BCUT2D eigenvalue weighted by Crippen LogP contribution is -2.13. The van der Waals surface area contributed by atoms with Crippen LogP contribution in [0.25, 0.3) is 0 Å². The maximum Gasteiger partial charge on any atom is 0.284 e.